The lowest BCUT2D eigenvalue weighted by atomic mass is 9.86. The average molecular weight is 493 g/mol. The van der Waals surface area contributed by atoms with Crippen LogP contribution in [0.2, 0.25) is 0 Å². The summed E-state index contributed by atoms with van der Waals surface area (Å²) in [6.45, 7) is 8.34. The van der Waals surface area contributed by atoms with E-state index in [1.807, 2.05) is 24.3 Å². The molecule has 3 aliphatic rings. The van der Waals surface area contributed by atoms with Crippen LogP contribution in [-0.4, -0.2) is 58.2 Å². The highest BCUT2D eigenvalue weighted by Gasteiger charge is 2.48. The van der Waals surface area contributed by atoms with E-state index in [1.54, 1.807) is 13.4 Å². The minimum Gasteiger partial charge on any atom is -0.497 e. The number of nitrogens with zero attached hydrogens (tertiary/aromatic N) is 4. The molecular formula is C29H40N4O3. The fourth-order valence-electron chi connectivity index (χ4n) is 5.78. The van der Waals surface area contributed by atoms with Crippen molar-refractivity contribution in [2.75, 3.05) is 20.2 Å². The zero-order valence-electron chi connectivity index (χ0n) is 22.1. The summed E-state index contributed by atoms with van der Waals surface area (Å²) in [6.07, 6.45) is 8.75. The van der Waals surface area contributed by atoms with Crippen molar-refractivity contribution in [1.82, 2.24) is 14.8 Å². The molecule has 3 heterocycles. The van der Waals surface area contributed by atoms with Crippen molar-refractivity contribution in [3.8, 4) is 17.2 Å². The molecule has 5 rings (SSSR count). The van der Waals surface area contributed by atoms with Gasteiger partial charge in [-0.1, -0.05) is 13.3 Å². The van der Waals surface area contributed by atoms with Gasteiger partial charge in [0.2, 0.25) is 5.89 Å². The normalized spacial score (nSPS) is 24.3. The Morgan fingerprint density at radius 3 is 2.58 bits per heavy atom. The molecule has 2 aliphatic heterocycles. The largest absolute Gasteiger partial charge is 0.497 e. The van der Waals surface area contributed by atoms with Crippen LogP contribution in [0.4, 0.5) is 0 Å². The maximum absolute atomic E-state index is 11.4. The number of hydrogen-bond acceptors (Lipinski definition) is 7. The maximum Gasteiger partial charge on any atom is 0.226 e. The Morgan fingerprint density at radius 1 is 1.11 bits per heavy atom. The molecule has 7 heteroatoms. The number of aliphatic hydroxyl groups excluding tert-OH is 1. The number of benzene rings is 1. The van der Waals surface area contributed by atoms with E-state index in [2.05, 4.69) is 35.6 Å². The molecule has 1 saturated carbocycles. The van der Waals surface area contributed by atoms with Crippen molar-refractivity contribution < 1.29 is 14.3 Å². The minimum absolute atomic E-state index is 0.202. The standard InChI is InChI=1S/C29H40N4O3/c1-5-6-16-33-27-26(25(19(2)30-27)21-10-11-21)20(3)32(29(33)34)17-8-7-9-23-18-36-28(31-23)22-12-14-24(35-4)15-13-22/h12-15,18,20-21,25,29,34H,5-11,16-17H2,1-4H3. The third kappa shape index (κ3) is 4.96. The lowest BCUT2D eigenvalue weighted by Gasteiger charge is -2.46. The van der Waals surface area contributed by atoms with E-state index in [9.17, 15) is 5.11 Å². The first-order chi connectivity index (χ1) is 17.5. The number of aliphatic hydroxyl groups is 1. The van der Waals surface area contributed by atoms with Gasteiger partial charge in [-0.2, -0.15) is 0 Å². The summed E-state index contributed by atoms with van der Waals surface area (Å²) in [5, 5.41) is 11.4. The number of ether oxygens (including phenoxy) is 1. The van der Waals surface area contributed by atoms with Crippen LogP contribution in [-0.2, 0) is 6.42 Å². The maximum atomic E-state index is 11.4. The monoisotopic (exact) mass is 492 g/mol. The molecule has 0 saturated heterocycles. The van der Waals surface area contributed by atoms with E-state index in [4.69, 9.17) is 14.1 Å². The molecule has 1 N–H and O–H groups in total. The van der Waals surface area contributed by atoms with Crippen molar-refractivity contribution in [2.24, 2.45) is 16.8 Å². The van der Waals surface area contributed by atoms with Gasteiger partial charge < -0.3 is 19.2 Å². The third-order valence-corrected chi connectivity index (χ3v) is 7.95. The van der Waals surface area contributed by atoms with E-state index in [1.165, 1.54) is 24.1 Å². The van der Waals surface area contributed by atoms with Crippen molar-refractivity contribution >= 4 is 5.71 Å². The van der Waals surface area contributed by atoms with Crippen LogP contribution in [0.1, 0.15) is 65.0 Å². The summed E-state index contributed by atoms with van der Waals surface area (Å²) in [5.74, 6) is 3.71. The molecule has 1 aromatic heterocycles. The lowest BCUT2D eigenvalue weighted by molar-refractivity contribution is -0.122. The summed E-state index contributed by atoms with van der Waals surface area (Å²) >= 11 is 0. The molecule has 1 aliphatic carbocycles. The number of aliphatic imine (C=N–C) groups is 1. The van der Waals surface area contributed by atoms with Crippen LogP contribution in [0, 0.1) is 11.8 Å². The van der Waals surface area contributed by atoms with Gasteiger partial charge in [0.1, 0.15) is 17.8 Å². The van der Waals surface area contributed by atoms with Crippen LogP contribution in [0.25, 0.3) is 11.5 Å². The molecule has 2 aromatic rings. The predicted molar refractivity (Wildman–Crippen MR) is 142 cm³/mol. The van der Waals surface area contributed by atoms with Crippen molar-refractivity contribution in [1.29, 1.82) is 0 Å². The van der Waals surface area contributed by atoms with Gasteiger partial charge in [-0.3, -0.25) is 4.90 Å². The van der Waals surface area contributed by atoms with Crippen molar-refractivity contribution in [3.63, 3.8) is 0 Å². The number of methoxy groups -OCH3 is 1. The average Bonchev–Trinajstić information content (AvgIpc) is 3.50. The second-order valence-electron chi connectivity index (χ2n) is 10.5. The summed E-state index contributed by atoms with van der Waals surface area (Å²) in [7, 11) is 1.66. The first-order valence-corrected chi connectivity index (χ1v) is 13.6. The van der Waals surface area contributed by atoms with E-state index < -0.39 is 6.35 Å². The molecule has 1 fully saturated rings. The van der Waals surface area contributed by atoms with Crippen molar-refractivity contribution in [2.45, 2.75) is 78.1 Å². The summed E-state index contributed by atoms with van der Waals surface area (Å²) < 4.78 is 11.0. The summed E-state index contributed by atoms with van der Waals surface area (Å²) in [5.41, 5.74) is 4.60. The molecule has 0 spiro atoms. The smallest absolute Gasteiger partial charge is 0.226 e. The molecular weight excluding hydrogens is 452 g/mol. The predicted octanol–water partition coefficient (Wildman–Crippen LogP) is 5.47. The van der Waals surface area contributed by atoms with E-state index in [0.29, 0.717) is 11.8 Å². The number of oxazole rings is 1. The van der Waals surface area contributed by atoms with Gasteiger partial charge in [-0.25, -0.2) is 9.98 Å². The second kappa shape index (κ2) is 10.8. The van der Waals surface area contributed by atoms with Gasteiger partial charge in [-0.15, -0.1) is 0 Å². The second-order valence-corrected chi connectivity index (χ2v) is 10.5. The van der Waals surface area contributed by atoms with E-state index >= 15 is 0 Å². The van der Waals surface area contributed by atoms with Crippen LogP contribution in [0.15, 0.2) is 51.3 Å². The Bertz CT molecular complexity index is 1100. The Kier molecular flexibility index (Phi) is 7.49. The van der Waals surface area contributed by atoms with Gasteiger partial charge in [0, 0.05) is 36.3 Å². The molecule has 3 atom stereocenters. The summed E-state index contributed by atoms with van der Waals surface area (Å²) in [4.78, 5) is 14.1. The Balaban J connectivity index is 1.21. The lowest BCUT2D eigenvalue weighted by Crippen LogP contribution is -2.56. The van der Waals surface area contributed by atoms with Gasteiger partial charge in [-0.05, 0) is 88.1 Å². The van der Waals surface area contributed by atoms with Gasteiger partial charge in [0.05, 0.1) is 12.8 Å². The van der Waals surface area contributed by atoms with Crippen molar-refractivity contribution in [3.05, 3.63) is 47.6 Å². The highest BCUT2D eigenvalue weighted by Crippen LogP contribution is 2.49. The number of hydrogen-bond donors (Lipinski definition) is 1. The molecule has 3 unspecified atom stereocenters. The van der Waals surface area contributed by atoms with E-state index in [0.717, 1.165) is 73.9 Å². The number of rotatable bonds is 11. The van der Waals surface area contributed by atoms with E-state index in [-0.39, 0.29) is 6.04 Å². The number of aryl methyl sites for hydroxylation is 1. The van der Waals surface area contributed by atoms with Gasteiger partial charge in [0.15, 0.2) is 6.35 Å². The highest BCUT2D eigenvalue weighted by atomic mass is 16.5. The SMILES string of the molecule is CCCCN1C2=C(C(C3CC3)C(C)=N2)C(C)N(CCCCc2coc(-c3ccc(OC)cc3)n2)C1O. The first-order valence-electron chi connectivity index (χ1n) is 13.6. The zero-order chi connectivity index (χ0) is 25.2. The fraction of sp³-hybridized carbons (Fsp3) is 0.586. The minimum atomic E-state index is -0.617. The van der Waals surface area contributed by atoms with Crippen LogP contribution >= 0.6 is 0 Å². The van der Waals surface area contributed by atoms with Crippen LogP contribution in [0.3, 0.4) is 0 Å². The zero-order valence-corrected chi connectivity index (χ0v) is 22.1. The van der Waals surface area contributed by atoms with Gasteiger partial charge >= 0.3 is 0 Å². The molecule has 36 heavy (non-hydrogen) atoms. The topological polar surface area (TPSA) is 74.3 Å². The molecule has 0 bridgehead atoms. The molecule has 1 aromatic carbocycles. The Morgan fingerprint density at radius 2 is 1.89 bits per heavy atom. The quantitative estimate of drug-likeness (QED) is 0.420. The number of aromatic nitrogens is 1. The third-order valence-electron chi connectivity index (χ3n) is 7.95. The summed E-state index contributed by atoms with van der Waals surface area (Å²) in [6, 6.07) is 7.96. The Labute approximate surface area is 214 Å². The highest BCUT2D eigenvalue weighted by molar-refractivity contribution is 5.91. The Hall–Kier alpha value is -2.64. The van der Waals surface area contributed by atoms with Gasteiger partial charge in [0.25, 0.3) is 0 Å². The molecule has 7 nitrogen and oxygen atoms in total. The molecule has 0 amide bonds. The first kappa shape index (κ1) is 25.0. The fourth-order valence-corrected chi connectivity index (χ4v) is 5.78. The van der Waals surface area contributed by atoms with Crippen LogP contribution < -0.4 is 4.74 Å². The molecule has 194 valence electrons. The van der Waals surface area contributed by atoms with Crippen LogP contribution in [0.5, 0.6) is 5.75 Å². The number of unbranched alkanes of at least 4 members (excludes halogenated alkanes) is 2. The molecule has 0 radical (unpaired) electrons.